The predicted molar refractivity (Wildman–Crippen MR) is 60.1 cm³/mol. The maximum Gasteiger partial charge on any atom is 0.213 e. The van der Waals surface area contributed by atoms with Crippen molar-refractivity contribution >= 4 is 11.6 Å². The highest BCUT2D eigenvalue weighted by Gasteiger charge is 2.10. The third-order valence-electron chi connectivity index (χ3n) is 2.33. The summed E-state index contributed by atoms with van der Waals surface area (Å²) in [5.41, 5.74) is 0.637. The van der Waals surface area contributed by atoms with Gasteiger partial charge in [0, 0.05) is 17.8 Å². The summed E-state index contributed by atoms with van der Waals surface area (Å²) in [5, 5.41) is 9.48. The number of halogens is 1. The monoisotopic (exact) mass is 229 g/mol. The first-order chi connectivity index (χ1) is 7.04. The number of aromatic nitrogens is 1. The summed E-state index contributed by atoms with van der Waals surface area (Å²) in [6, 6.07) is 1.67. The number of pyridine rings is 1. The Bertz CT molecular complexity index is 328. The van der Waals surface area contributed by atoms with Gasteiger partial charge in [0.25, 0.3) is 0 Å². The summed E-state index contributed by atoms with van der Waals surface area (Å²) in [4.78, 5) is 4.04. The van der Waals surface area contributed by atoms with Crippen molar-refractivity contribution in [2.24, 2.45) is 5.92 Å². The normalized spacial score (nSPS) is 12.9. The summed E-state index contributed by atoms with van der Waals surface area (Å²) in [7, 11) is 0. The zero-order chi connectivity index (χ0) is 11.4. The van der Waals surface area contributed by atoms with Crippen LogP contribution in [0.1, 0.15) is 26.3 Å². The number of ether oxygens (including phenoxy) is 1. The topological polar surface area (TPSA) is 42.4 Å². The summed E-state index contributed by atoms with van der Waals surface area (Å²) in [6.07, 6.45) is 1.58. The minimum atomic E-state index is -0.103. The van der Waals surface area contributed by atoms with Crippen LogP contribution in [-0.4, -0.2) is 16.2 Å². The third kappa shape index (κ3) is 3.36. The third-order valence-corrected chi connectivity index (χ3v) is 2.67. The Labute approximate surface area is 95.1 Å². The zero-order valence-electron chi connectivity index (χ0n) is 9.20. The van der Waals surface area contributed by atoms with Gasteiger partial charge in [0.2, 0.25) is 5.88 Å². The predicted octanol–water partition coefficient (Wildman–Crippen LogP) is 2.65. The molecule has 0 aliphatic heterocycles. The average molecular weight is 230 g/mol. The van der Waals surface area contributed by atoms with Crippen molar-refractivity contribution in [3.05, 3.63) is 22.8 Å². The minimum Gasteiger partial charge on any atom is -0.474 e. The van der Waals surface area contributed by atoms with Gasteiger partial charge in [-0.3, -0.25) is 0 Å². The number of hydrogen-bond donors (Lipinski definition) is 1. The van der Waals surface area contributed by atoms with Gasteiger partial charge >= 0.3 is 0 Å². The van der Waals surface area contributed by atoms with Gasteiger partial charge in [-0.2, -0.15) is 0 Å². The Balaban J connectivity index is 2.78. The molecule has 0 radical (unpaired) electrons. The van der Waals surface area contributed by atoms with Crippen molar-refractivity contribution in [2.45, 2.75) is 33.5 Å². The van der Waals surface area contributed by atoms with E-state index in [0.717, 1.165) is 0 Å². The first kappa shape index (κ1) is 12.3. The molecule has 1 aromatic heterocycles. The van der Waals surface area contributed by atoms with Crippen LogP contribution >= 0.6 is 11.6 Å². The average Bonchev–Trinajstić information content (AvgIpc) is 2.20. The van der Waals surface area contributed by atoms with Gasteiger partial charge in [-0.1, -0.05) is 25.4 Å². The highest BCUT2D eigenvalue weighted by atomic mass is 35.5. The van der Waals surface area contributed by atoms with Crippen LogP contribution in [0.25, 0.3) is 0 Å². The van der Waals surface area contributed by atoms with Crippen LogP contribution in [0.15, 0.2) is 12.3 Å². The molecule has 1 heterocycles. The molecule has 0 fully saturated rings. The number of aliphatic hydroxyl groups is 1. The minimum absolute atomic E-state index is 0.0882. The van der Waals surface area contributed by atoms with Crippen molar-refractivity contribution in [3.8, 4) is 5.88 Å². The van der Waals surface area contributed by atoms with Crippen molar-refractivity contribution in [1.29, 1.82) is 0 Å². The largest absolute Gasteiger partial charge is 0.474 e. The second-order valence-corrected chi connectivity index (χ2v) is 4.25. The molecule has 0 spiro atoms. The van der Waals surface area contributed by atoms with Crippen molar-refractivity contribution in [2.75, 3.05) is 0 Å². The molecule has 0 aromatic carbocycles. The molecule has 15 heavy (non-hydrogen) atoms. The van der Waals surface area contributed by atoms with Crippen LogP contribution in [0.4, 0.5) is 0 Å². The molecule has 0 amide bonds. The molecule has 1 rings (SSSR count). The lowest BCUT2D eigenvalue weighted by atomic mass is 10.1. The number of rotatable bonds is 4. The van der Waals surface area contributed by atoms with Gasteiger partial charge in [0.1, 0.15) is 0 Å². The number of aliphatic hydroxyl groups excluding tert-OH is 1. The molecule has 3 nitrogen and oxygen atoms in total. The molecule has 0 saturated heterocycles. The Hall–Kier alpha value is -0.800. The van der Waals surface area contributed by atoms with E-state index in [9.17, 15) is 0 Å². The second kappa shape index (κ2) is 5.33. The first-order valence-corrected chi connectivity index (χ1v) is 5.34. The van der Waals surface area contributed by atoms with E-state index in [0.29, 0.717) is 22.4 Å². The maximum absolute atomic E-state index is 9.02. The number of nitrogens with zero attached hydrogens (tertiary/aromatic N) is 1. The van der Waals surface area contributed by atoms with Crippen LogP contribution in [0, 0.1) is 5.92 Å². The molecule has 0 saturated carbocycles. The lowest BCUT2D eigenvalue weighted by molar-refractivity contribution is 0.163. The Morgan fingerprint density at radius 3 is 2.67 bits per heavy atom. The molecular weight excluding hydrogens is 214 g/mol. The lowest BCUT2D eigenvalue weighted by Crippen LogP contribution is -2.19. The Kier molecular flexibility index (Phi) is 4.36. The van der Waals surface area contributed by atoms with Gasteiger partial charge in [0.05, 0.1) is 17.7 Å². The fourth-order valence-electron chi connectivity index (χ4n) is 0.971. The molecule has 0 bridgehead atoms. The quantitative estimate of drug-likeness (QED) is 0.863. The Morgan fingerprint density at radius 1 is 1.47 bits per heavy atom. The standard InChI is InChI=1S/C11H16ClNO2/c1-7(2)8(3)15-11-4-9(6-14)10(12)5-13-11/h4-5,7-8,14H,6H2,1-3H3. The van der Waals surface area contributed by atoms with Gasteiger partial charge in [-0.15, -0.1) is 0 Å². The van der Waals surface area contributed by atoms with E-state index in [-0.39, 0.29) is 12.7 Å². The van der Waals surface area contributed by atoms with Crippen LogP contribution in [0.3, 0.4) is 0 Å². The van der Waals surface area contributed by atoms with E-state index in [1.165, 1.54) is 6.20 Å². The smallest absolute Gasteiger partial charge is 0.213 e. The maximum atomic E-state index is 9.02. The van der Waals surface area contributed by atoms with Gasteiger partial charge in [0.15, 0.2) is 0 Å². The molecule has 0 aliphatic rings. The molecule has 84 valence electrons. The second-order valence-electron chi connectivity index (χ2n) is 3.84. The highest BCUT2D eigenvalue weighted by Crippen LogP contribution is 2.20. The molecule has 1 atom stereocenters. The molecule has 1 aromatic rings. The van der Waals surface area contributed by atoms with E-state index in [1.54, 1.807) is 6.07 Å². The van der Waals surface area contributed by atoms with Crippen LogP contribution in [0.5, 0.6) is 5.88 Å². The van der Waals surface area contributed by atoms with Crippen molar-refractivity contribution in [3.63, 3.8) is 0 Å². The zero-order valence-corrected chi connectivity index (χ0v) is 9.95. The van der Waals surface area contributed by atoms with Gasteiger partial charge in [-0.05, 0) is 12.8 Å². The van der Waals surface area contributed by atoms with Crippen LogP contribution in [0.2, 0.25) is 5.02 Å². The molecule has 0 aliphatic carbocycles. The van der Waals surface area contributed by atoms with E-state index in [2.05, 4.69) is 18.8 Å². The van der Waals surface area contributed by atoms with E-state index in [4.69, 9.17) is 21.4 Å². The highest BCUT2D eigenvalue weighted by molar-refractivity contribution is 6.31. The van der Waals surface area contributed by atoms with E-state index >= 15 is 0 Å². The van der Waals surface area contributed by atoms with Gasteiger partial charge in [-0.25, -0.2) is 4.98 Å². The van der Waals surface area contributed by atoms with Crippen molar-refractivity contribution < 1.29 is 9.84 Å². The van der Waals surface area contributed by atoms with Crippen LogP contribution in [-0.2, 0) is 6.61 Å². The van der Waals surface area contributed by atoms with E-state index < -0.39 is 0 Å². The molecule has 4 heteroatoms. The Morgan fingerprint density at radius 2 is 2.13 bits per heavy atom. The van der Waals surface area contributed by atoms with E-state index in [1.807, 2.05) is 6.92 Å². The van der Waals surface area contributed by atoms with Crippen LogP contribution < -0.4 is 4.74 Å². The fourth-order valence-corrected chi connectivity index (χ4v) is 1.13. The summed E-state index contributed by atoms with van der Waals surface area (Å²) >= 11 is 5.82. The molecule has 1 N–H and O–H groups in total. The molecular formula is C11H16ClNO2. The SMILES string of the molecule is CC(C)C(C)Oc1cc(CO)c(Cl)cn1. The summed E-state index contributed by atoms with van der Waals surface area (Å²) in [5.74, 6) is 0.921. The summed E-state index contributed by atoms with van der Waals surface area (Å²) < 4.78 is 5.59. The first-order valence-electron chi connectivity index (χ1n) is 4.96. The molecule has 1 unspecified atom stereocenters. The van der Waals surface area contributed by atoms with Crippen molar-refractivity contribution in [1.82, 2.24) is 4.98 Å². The van der Waals surface area contributed by atoms with Gasteiger partial charge < -0.3 is 9.84 Å². The lowest BCUT2D eigenvalue weighted by Gasteiger charge is -2.17. The summed E-state index contributed by atoms with van der Waals surface area (Å²) in [6.45, 7) is 6.04. The fraction of sp³-hybridized carbons (Fsp3) is 0.545. The number of hydrogen-bond acceptors (Lipinski definition) is 3.